The van der Waals surface area contributed by atoms with E-state index in [2.05, 4.69) is 20.9 Å². The molecular weight excluding hydrogens is 412 g/mol. The maximum absolute atomic E-state index is 13.0. The predicted octanol–water partition coefficient (Wildman–Crippen LogP) is 1.29. The fourth-order valence-electron chi connectivity index (χ4n) is 4.34. The number of piperazine rings is 1. The molecule has 2 aliphatic rings. The fraction of sp³-hybridized carbons (Fsp3) is 0.391. The number of ether oxygens (including phenoxy) is 3. The van der Waals surface area contributed by atoms with Crippen molar-refractivity contribution in [1.82, 2.24) is 14.5 Å². The van der Waals surface area contributed by atoms with Crippen LogP contribution in [0.2, 0.25) is 0 Å². The Balaban J connectivity index is 1.29. The maximum atomic E-state index is 13.0. The monoisotopic (exact) mass is 438 g/mol. The van der Waals surface area contributed by atoms with E-state index >= 15 is 0 Å². The van der Waals surface area contributed by atoms with E-state index in [-0.39, 0.29) is 5.56 Å². The zero-order chi connectivity index (χ0) is 22.1. The molecule has 9 heteroatoms. The lowest BCUT2D eigenvalue weighted by Gasteiger charge is -2.36. The van der Waals surface area contributed by atoms with Crippen LogP contribution in [0.25, 0.3) is 10.9 Å². The number of benzene rings is 2. The first-order valence-corrected chi connectivity index (χ1v) is 10.8. The van der Waals surface area contributed by atoms with Crippen molar-refractivity contribution in [3.05, 3.63) is 57.2 Å². The zero-order valence-corrected chi connectivity index (χ0v) is 18.0. The fourth-order valence-corrected chi connectivity index (χ4v) is 4.34. The summed E-state index contributed by atoms with van der Waals surface area (Å²) < 4.78 is 17.9. The van der Waals surface area contributed by atoms with Crippen molar-refractivity contribution in [3.63, 3.8) is 0 Å². The van der Waals surface area contributed by atoms with Gasteiger partial charge in [-0.25, -0.2) is 4.79 Å². The topological polar surface area (TPSA) is 89.0 Å². The Labute approximate surface area is 184 Å². The number of nitrogens with one attached hydrogen (secondary N) is 1. The molecule has 0 aliphatic carbocycles. The van der Waals surface area contributed by atoms with Crippen LogP contribution in [0.3, 0.4) is 0 Å². The summed E-state index contributed by atoms with van der Waals surface area (Å²) in [4.78, 5) is 33.0. The van der Waals surface area contributed by atoms with Gasteiger partial charge in [-0.1, -0.05) is 12.1 Å². The van der Waals surface area contributed by atoms with E-state index in [1.54, 1.807) is 19.2 Å². The van der Waals surface area contributed by atoms with E-state index in [1.807, 2.05) is 18.2 Å². The van der Waals surface area contributed by atoms with Crippen molar-refractivity contribution in [1.29, 1.82) is 0 Å². The number of hydrogen-bond acceptors (Lipinski definition) is 7. The van der Waals surface area contributed by atoms with Gasteiger partial charge in [0.05, 0.1) is 23.7 Å². The van der Waals surface area contributed by atoms with Crippen LogP contribution >= 0.6 is 0 Å². The summed E-state index contributed by atoms with van der Waals surface area (Å²) in [7, 11) is 1.68. The quantitative estimate of drug-likeness (QED) is 0.642. The molecule has 5 rings (SSSR count). The van der Waals surface area contributed by atoms with Gasteiger partial charge < -0.3 is 24.1 Å². The van der Waals surface area contributed by atoms with Gasteiger partial charge in [0.1, 0.15) is 19.0 Å². The highest BCUT2D eigenvalue weighted by Crippen LogP contribution is 2.32. The number of aromatic nitrogens is 2. The van der Waals surface area contributed by atoms with Crippen LogP contribution in [-0.4, -0.2) is 67.5 Å². The highest BCUT2D eigenvalue weighted by molar-refractivity contribution is 5.81. The van der Waals surface area contributed by atoms with Crippen molar-refractivity contribution in [2.24, 2.45) is 0 Å². The van der Waals surface area contributed by atoms with Crippen molar-refractivity contribution < 1.29 is 14.2 Å². The lowest BCUT2D eigenvalue weighted by Crippen LogP contribution is -2.48. The third-order valence-corrected chi connectivity index (χ3v) is 6.08. The summed E-state index contributed by atoms with van der Waals surface area (Å²) in [5.41, 5.74) is 0.831. The second-order valence-corrected chi connectivity index (χ2v) is 7.93. The number of aromatic amines is 1. The highest BCUT2D eigenvalue weighted by atomic mass is 16.6. The molecule has 3 heterocycles. The first-order chi connectivity index (χ1) is 15.6. The summed E-state index contributed by atoms with van der Waals surface area (Å²) in [6.07, 6.45) is 0. The molecule has 0 radical (unpaired) electrons. The first-order valence-electron chi connectivity index (χ1n) is 10.8. The van der Waals surface area contributed by atoms with Crippen LogP contribution in [0.1, 0.15) is 0 Å². The van der Waals surface area contributed by atoms with Gasteiger partial charge in [-0.2, -0.15) is 0 Å². The number of para-hydroxylation sites is 2. The van der Waals surface area contributed by atoms with Gasteiger partial charge in [-0.3, -0.25) is 14.3 Å². The molecule has 1 N–H and O–H groups in total. The Kier molecular flexibility index (Phi) is 5.48. The number of hydrogen-bond donors (Lipinski definition) is 1. The normalized spacial score (nSPS) is 16.3. The Hall–Kier alpha value is -3.46. The van der Waals surface area contributed by atoms with Gasteiger partial charge in [0.25, 0.3) is 5.56 Å². The molecule has 168 valence electrons. The molecule has 2 aliphatic heterocycles. The van der Waals surface area contributed by atoms with E-state index in [1.165, 1.54) is 4.57 Å². The summed E-state index contributed by atoms with van der Waals surface area (Å²) in [6.45, 7) is 5.24. The van der Waals surface area contributed by atoms with E-state index in [4.69, 9.17) is 14.2 Å². The molecule has 1 fully saturated rings. The van der Waals surface area contributed by atoms with Crippen LogP contribution in [0.5, 0.6) is 17.2 Å². The standard InChI is InChI=1S/C23H26N4O5/c1-30-19-5-3-2-4-18(19)26-9-6-25(7-10-26)8-11-27-22(28)16-14-20-21(32-13-12-31-20)15-17(16)24-23(27)29/h2-5,14-15H,6-13H2,1H3,(H,24,29). The Morgan fingerprint density at radius 3 is 2.44 bits per heavy atom. The highest BCUT2D eigenvalue weighted by Gasteiger charge is 2.21. The first kappa shape index (κ1) is 20.4. The predicted molar refractivity (Wildman–Crippen MR) is 121 cm³/mol. The van der Waals surface area contributed by atoms with Crippen molar-refractivity contribution >= 4 is 16.6 Å². The molecule has 1 aromatic heterocycles. The zero-order valence-electron chi connectivity index (χ0n) is 18.0. The summed E-state index contributed by atoms with van der Waals surface area (Å²) in [5, 5.41) is 0.426. The summed E-state index contributed by atoms with van der Waals surface area (Å²) in [6, 6.07) is 11.3. The van der Waals surface area contributed by atoms with Crippen molar-refractivity contribution in [3.8, 4) is 17.2 Å². The average molecular weight is 438 g/mol. The SMILES string of the molecule is COc1ccccc1N1CCN(CCn2c(=O)[nH]c3cc4c(cc3c2=O)OCCO4)CC1. The minimum Gasteiger partial charge on any atom is -0.495 e. The van der Waals surface area contributed by atoms with E-state index in [0.29, 0.717) is 48.7 Å². The van der Waals surface area contributed by atoms with Gasteiger partial charge >= 0.3 is 5.69 Å². The number of fused-ring (bicyclic) bond motifs is 2. The molecule has 32 heavy (non-hydrogen) atoms. The van der Waals surface area contributed by atoms with Gasteiger partial charge in [0, 0.05) is 45.3 Å². The van der Waals surface area contributed by atoms with Crippen molar-refractivity contribution in [2.45, 2.75) is 6.54 Å². The molecule has 0 saturated carbocycles. The molecule has 0 unspecified atom stereocenters. The molecule has 0 spiro atoms. The molecule has 2 aromatic carbocycles. The Bertz CT molecular complexity index is 1240. The van der Waals surface area contributed by atoms with Crippen LogP contribution in [0, 0.1) is 0 Å². The minimum absolute atomic E-state index is 0.312. The minimum atomic E-state index is -0.410. The lowest BCUT2D eigenvalue weighted by molar-refractivity contribution is 0.172. The maximum Gasteiger partial charge on any atom is 0.328 e. The van der Waals surface area contributed by atoms with E-state index in [9.17, 15) is 9.59 Å². The van der Waals surface area contributed by atoms with Crippen LogP contribution < -0.4 is 30.4 Å². The third-order valence-electron chi connectivity index (χ3n) is 6.08. The number of methoxy groups -OCH3 is 1. The van der Waals surface area contributed by atoms with Gasteiger partial charge in [-0.15, -0.1) is 0 Å². The average Bonchev–Trinajstić information content (AvgIpc) is 2.83. The lowest BCUT2D eigenvalue weighted by atomic mass is 10.2. The number of nitrogens with zero attached hydrogens (tertiary/aromatic N) is 3. The molecule has 1 saturated heterocycles. The summed E-state index contributed by atoms with van der Waals surface area (Å²) in [5.74, 6) is 1.95. The Morgan fingerprint density at radius 2 is 1.69 bits per heavy atom. The smallest absolute Gasteiger partial charge is 0.328 e. The second-order valence-electron chi connectivity index (χ2n) is 7.93. The van der Waals surface area contributed by atoms with Crippen molar-refractivity contribution in [2.75, 3.05) is 57.9 Å². The number of H-pyrrole nitrogens is 1. The van der Waals surface area contributed by atoms with Crippen LogP contribution in [-0.2, 0) is 6.54 Å². The van der Waals surface area contributed by atoms with Crippen LogP contribution in [0.15, 0.2) is 46.0 Å². The van der Waals surface area contributed by atoms with Gasteiger partial charge in [0.2, 0.25) is 0 Å². The number of rotatable bonds is 5. The molecule has 3 aromatic rings. The van der Waals surface area contributed by atoms with E-state index < -0.39 is 5.69 Å². The van der Waals surface area contributed by atoms with E-state index in [0.717, 1.165) is 37.6 Å². The summed E-state index contributed by atoms with van der Waals surface area (Å²) >= 11 is 0. The molecule has 0 amide bonds. The molecular formula is C23H26N4O5. The molecule has 0 bridgehead atoms. The molecule has 9 nitrogen and oxygen atoms in total. The second kappa shape index (κ2) is 8.58. The Morgan fingerprint density at radius 1 is 0.969 bits per heavy atom. The van der Waals surface area contributed by atoms with Crippen LogP contribution in [0.4, 0.5) is 5.69 Å². The third kappa shape index (κ3) is 3.80. The molecule has 0 atom stereocenters. The number of anilines is 1. The van der Waals surface area contributed by atoms with Gasteiger partial charge in [0.15, 0.2) is 11.5 Å². The van der Waals surface area contributed by atoms with Gasteiger partial charge in [-0.05, 0) is 18.2 Å². The largest absolute Gasteiger partial charge is 0.495 e.